The Morgan fingerprint density at radius 3 is 2.65 bits per heavy atom. The third-order valence-corrected chi connectivity index (χ3v) is 3.94. The predicted molar refractivity (Wildman–Crippen MR) is 97.3 cm³/mol. The lowest BCUT2D eigenvalue weighted by atomic mass is 10.0. The molecule has 1 heterocycles. The van der Waals surface area contributed by atoms with E-state index in [0.29, 0.717) is 33.9 Å². The quantitative estimate of drug-likeness (QED) is 0.658. The molecule has 3 aromatic rings. The molecule has 0 bridgehead atoms. The Labute approximate surface area is 151 Å². The van der Waals surface area contributed by atoms with E-state index in [4.69, 9.17) is 19.3 Å². The number of methoxy groups -OCH3 is 2. The van der Waals surface area contributed by atoms with Gasteiger partial charge in [0.1, 0.15) is 18.1 Å². The molecule has 134 valence electrons. The van der Waals surface area contributed by atoms with Gasteiger partial charge in [0.25, 0.3) is 0 Å². The highest BCUT2D eigenvalue weighted by Crippen LogP contribution is 2.34. The molecule has 0 spiro atoms. The molecule has 0 atom stereocenters. The Morgan fingerprint density at radius 1 is 1.08 bits per heavy atom. The molecule has 0 fully saturated rings. The first kappa shape index (κ1) is 17.7. The van der Waals surface area contributed by atoms with Gasteiger partial charge in [0, 0.05) is 17.1 Å². The van der Waals surface area contributed by atoms with Crippen molar-refractivity contribution in [3.63, 3.8) is 0 Å². The maximum atomic E-state index is 13.0. The highest BCUT2D eigenvalue weighted by Gasteiger charge is 2.17. The number of carbonyl (C=O) groups is 1. The van der Waals surface area contributed by atoms with Gasteiger partial charge in [-0.15, -0.1) is 0 Å². The third kappa shape index (κ3) is 3.45. The molecular weight excluding hydrogens is 334 g/mol. The standard InChI is InChI=1S/C20H19NO5/c1-24-15-5-3-4-14(10-15)20(23)19-16-12-18(26-9-8-22)17(25-2)11-13(16)6-7-21-19/h3-7,10-12,22H,8-9H2,1-2H3. The lowest BCUT2D eigenvalue weighted by molar-refractivity contribution is 0.103. The summed E-state index contributed by atoms with van der Waals surface area (Å²) in [6.07, 6.45) is 1.59. The van der Waals surface area contributed by atoms with E-state index < -0.39 is 0 Å². The average molecular weight is 353 g/mol. The fraction of sp³-hybridized carbons (Fsp3) is 0.200. The molecule has 1 N–H and O–H groups in total. The molecule has 6 nitrogen and oxygen atoms in total. The maximum Gasteiger partial charge on any atom is 0.212 e. The molecule has 0 amide bonds. The van der Waals surface area contributed by atoms with Crippen molar-refractivity contribution in [1.82, 2.24) is 4.98 Å². The number of aromatic nitrogens is 1. The molecule has 0 unspecified atom stereocenters. The van der Waals surface area contributed by atoms with Crippen molar-refractivity contribution in [2.24, 2.45) is 0 Å². The van der Waals surface area contributed by atoms with Crippen molar-refractivity contribution in [3.8, 4) is 17.2 Å². The highest BCUT2D eigenvalue weighted by atomic mass is 16.5. The molecule has 0 aliphatic rings. The topological polar surface area (TPSA) is 77.9 Å². The zero-order valence-corrected chi connectivity index (χ0v) is 14.6. The molecule has 3 rings (SSSR count). The SMILES string of the molecule is COc1cccc(C(=O)c2nccc3cc(OC)c(OCCO)cc23)c1. The first-order chi connectivity index (χ1) is 12.7. The third-order valence-electron chi connectivity index (χ3n) is 3.94. The van der Waals surface area contributed by atoms with Crippen LogP contribution in [0.15, 0.2) is 48.7 Å². The van der Waals surface area contributed by atoms with Crippen molar-refractivity contribution in [2.45, 2.75) is 0 Å². The summed E-state index contributed by atoms with van der Waals surface area (Å²) in [5.41, 5.74) is 0.797. The number of ketones is 1. The molecule has 0 saturated carbocycles. The van der Waals surface area contributed by atoms with Gasteiger partial charge in [-0.1, -0.05) is 12.1 Å². The summed E-state index contributed by atoms with van der Waals surface area (Å²) in [5.74, 6) is 1.36. The van der Waals surface area contributed by atoms with E-state index in [-0.39, 0.29) is 19.0 Å². The molecule has 6 heteroatoms. The minimum absolute atomic E-state index is 0.121. The number of aliphatic hydroxyl groups is 1. The van der Waals surface area contributed by atoms with Crippen molar-refractivity contribution >= 4 is 16.6 Å². The largest absolute Gasteiger partial charge is 0.497 e. The molecule has 0 aliphatic carbocycles. The number of aliphatic hydroxyl groups excluding tert-OH is 1. The van der Waals surface area contributed by atoms with Crippen LogP contribution in [0, 0.1) is 0 Å². The summed E-state index contributed by atoms with van der Waals surface area (Å²) >= 11 is 0. The van der Waals surface area contributed by atoms with Crippen molar-refractivity contribution in [3.05, 3.63) is 59.9 Å². The van der Waals surface area contributed by atoms with Crippen molar-refractivity contribution in [1.29, 1.82) is 0 Å². The monoisotopic (exact) mass is 353 g/mol. The summed E-state index contributed by atoms with van der Waals surface area (Å²) in [6.45, 7) is 0.00508. The van der Waals surface area contributed by atoms with Crippen LogP contribution in [-0.4, -0.2) is 43.3 Å². The minimum atomic E-state index is -0.215. The number of fused-ring (bicyclic) bond motifs is 1. The molecule has 1 aromatic heterocycles. The lowest BCUT2D eigenvalue weighted by Crippen LogP contribution is -2.07. The number of hydrogen-bond acceptors (Lipinski definition) is 6. The van der Waals surface area contributed by atoms with Crippen molar-refractivity contribution in [2.75, 3.05) is 27.4 Å². The summed E-state index contributed by atoms with van der Waals surface area (Å²) < 4.78 is 16.1. The number of benzene rings is 2. The smallest absolute Gasteiger partial charge is 0.212 e. The van der Waals surface area contributed by atoms with Crippen LogP contribution in [0.1, 0.15) is 16.1 Å². The number of hydrogen-bond donors (Lipinski definition) is 1. The normalized spacial score (nSPS) is 10.6. The van der Waals surface area contributed by atoms with Crippen LogP contribution in [0.5, 0.6) is 17.2 Å². The van der Waals surface area contributed by atoms with E-state index in [1.807, 2.05) is 0 Å². The Balaban J connectivity index is 2.11. The summed E-state index contributed by atoms with van der Waals surface area (Å²) in [4.78, 5) is 17.3. The molecule has 0 saturated heterocycles. The van der Waals surface area contributed by atoms with Crippen LogP contribution in [0.25, 0.3) is 10.8 Å². The number of pyridine rings is 1. The van der Waals surface area contributed by atoms with Gasteiger partial charge < -0.3 is 19.3 Å². The highest BCUT2D eigenvalue weighted by molar-refractivity contribution is 6.15. The Kier molecular flexibility index (Phi) is 5.34. The average Bonchev–Trinajstić information content (AvgIpc) is 2.70. The first-order valence-corrected chi connectivity index (χ1v) is 8.07. The fourth-order valence-corrected chi connectivity index (χ4v) is 2.69. The summed E-state index contributed by atoms with van der Waals surface area (Å²) in [6, 6.07) is 12.2. The number of rotatable bonds is 7. The van der Waals surface area contributed by atoms with Gasteiger partial charge in [-0.25, -0.2) is 0 Å². The van der Waals surface area contributed by atoms with Gasteiger partial charge in [-0.05, 0) is 35.7 Å². The van der Waals surface area contributed by atoms with Crippen LogP contribution >= 0.6 is 0 Å². The molecular formula is C20H19NO5. The summed E-state index contributed by atoms with van der Waals surface area (Å²) in [5, 5.41) is 10.5. The number of nitrogens with zero attached hydrogens (tertiary/aromatic N) is 1. The second-order valence-corrected chi connectivity index (χ2v) is 5.52. The van der Waals surface area contributed by atoms with Gasteiger partial charge in [0.15, 0.2) is 11.5 Å². The molecule has 2 aromatic carbocycles. The van der Waals surface area contributed by atoms with E-state index in [9.17, 15) is 4.79 Å². The van der Waals surface area contributed by atoms with Gasteiger partial charge in [0.05, 0.1) is 20.8 Å². The second-order valence-electron chi connectivity index (χ2n) is 5.52. The first-order valence-electron chi connectivity index (χ1n) is 8.07. The Hall–Kier alpha value is -3.12. The van der Waals surface area contributed by atoms with Gasteiger partial charge in [0.2, 0.25) is 5.78 Å². The zero-order valence-electron chi connectivity index (χ0n) is 14.6. The molecule has 26 heavy (non-hydrogen) atoms. The Bertz CT molecular complexity index is 939. The lowest BCUT2D eigenvalue weighted by Gasteiger charge is -2.13. The van der Waals surface area contributed by atoms with Gasteiger partial charge in [-0.2, -0.15) is 0 Å². The van der Waals surface area contributed by atoms with Crippen molar-refractivity contribution < 1.29 is 24.1 Å². The fourth-order valence-electron chi connectivity index (χ4n) is 2.69. The summed E-state index contributed by atoms with van der Waals surface area (Å²) in [7, 11) is 3.09. The predicted octanol–water partition coefficient (Wildman–Crippen LogP) is 2.85. The second kappa shape index (κ2) is 7.84. The van der Waals surface area contributed by atoms with E-state index in [1.54, 1.807) is 55.8 Å². The van der Waals surface area contributed by atoms with Crippen LogP contribution < -0.4 is 14.2 Å². The van der Waals surface area contributed by atoms with Crippen LogP contribution in [-0.2, 0) is 0 Å². The zero-order chi connectivity index (χ0) is 18.5. The van der Waals surface area contributed by atoms with E-state index in [2.05, 4.69) is 4.98 Å². The molecule has 0 aliphatic heterocycles. The van der Waals surface area contributed by atoms with Crippen LogP contribution in [0.3, 0.4) is 0 Å². The van der Waals surface area contributed by atoms with E-state index >= 15 is 0 Å². The van der Waals surface area contributed by atoms with Gasteiger partial charge in [-0.3, -0.25) is 9.78 Å². The van der Waals surface area contributed by atoms with Crippen LogP contribution in [0.2, 0.25) is 0 Å². The molecule has 0 radical (unpaired) electrons. The van der Waals surface area contributed by atoms with Gasteiger partial charge >= 0.3 is 0 Å². The van der Waals surface area contributed by atoms with Crippen LogP contribution in [0.4, 0.5) is 0 Å². The van der Waals surface area contributed by atoms with E-state index in [1.165, 1.54) is 7.11 Å². The minimum Gasteiger partial charge on any atom is -0.497 e. The maximum absolute atomic E-state index is 13.0. The number of ether oxygens (including phenoxy) is 3. The van der Waals surface area contributed by atoms with E-state index in [0.717, 1.165) is 5.39 Å². The number of carbonyl (C=O) groups excluding carboxylic acids is 1. The Morgan fingerprint density at radius 2 is 1.92 bits per heavy atom.